The van der Waals surface area contributed by atoms with E-state index in [9.17, 15) is 0 Å². The molecule has 150 valence electrons. The summed E-state index contributed by atoms with van der Waals surface area (Å²) in [6.45, 7) is 0. The molecule has 0 amide bonds. The van der Waals surface area contributed by atoms with Crippen molar-refractivity contribution in [2.24, 2.45) is 0 Å². The maximum atomic E-state index is 5.18. The second kappa shape index (κ2) is 6.47. The molecule has 7 rings (SSSR count). The molecule has 0 fully saturated rings. The third-order valence-electron chi connectivity index (χ3n) is 6.81. The molecule has 2 nitrogen and oxygen atoms in total. The van der Waals surface area contributed by atoms with Crippen molar-refractivity contribution in [3.63, 3.8) is 0 Å². The van der Waals surface area contributed by atoms with E-state index >= 15 is 0 Å². The van der Waals surface area contributed by atoms with E-state index < -0.39 is 5.41 Å². The second-order valence-electron chi connectivity index (χ2n) is 8.34. The standard InChI is InChI=1S/C29H17BrN2/c30-19-12-13-23-21(17-19)20-9-4-5-10-22(20)29(23)24-11-6-16-31-27(24)28-25(29)14-15-26(32-28)18-7-2-1-3-8-18/h1-17H. The van der Waals surface area contributed by atoms with Gasteiger partial charge in [-0.15, -0.1) is 0 Å². The second-order valence-corrected chi connectivity index (χ2v) is 9.26. The number of nitrogens with zero attached hydrogens (tertiary/aromatic N) is 2. The molecule has 1 spiro atoms. The van der Waals surface area contributed by atoms with Gasteiger partial charge in [-0.05, 0) is 57.6 Å². The molecule has 0 saturated heterocycles. The van der Waals surface area contributed by atoms with E-state index in [1.54, 1.807) is 0 Å². The number of aromatic nitrogens is 2. The molecule has 0 radical (unpaired) electrons. The number of rotatable bonds is 1. The van der Waals surface area contributed by atoms with E-state index in [4.69, 9.17) is 9.97 Å². The van der Waals surface area contributed by atoms with E-state index in [0.717, 1.165) is 27.1 Å². The summed E-state index contributed by atoms with van der Waals surface area (Å²) in [5, 5.41) is 0. The van der Waals surface area contributed by atoms with Crippen molar-refractivity contribution in [3.8, 4) is 33.8 Å². The molecule has 2 aliphatic rings. The summed E-state index contributed by atoms with van der Waals surface area (Å²) in [6.07, 6.45) is 1.88. The van der Waals surface area contributed by atoms with Gasteiger partial charge < -0.3 is 0 Å². The van der Waals surface area contributed by atoms with Crippen LogP contribution in [0.5, 0.6) is 0 Å². The molecule has 1 atom stereocenters. The summed E-state index contributed by atoms with van der Waals surface area (Å²) < 4.78 is 1.09. The monoisotopic (exact) mass is 472 g/mol. The summed E-state index contributed by atoms with van der Waals surface area (Å²) >= 11 is 3.69. The van der Waals surface area contributed by atoms with Crippen LogP contribution in [0.15, 0.2) is 108 Å². The van der Waals surface area contributed by atoms with Crippen molar-refractivity contribution >= 4 is 15.9 Å². The van der Waals surface area contributed by atoms with Gasteiger partial charge in [0.15, 0.2) is 0 Å². The highest BCUT2D eigenvalue weighted by atomic mass is 79.9. The van der Waals surface area contributed by atoms with Crippen molar-refractivity contribution < 1.29 is 0 Å². The van der Waals surface area contributed by atoms with Gasteiger partial charge in [-0.1, -0.05) is 88.7 Å². The maximum Gasteiger partial charge on any atom is 0.0945 e. The zero-order valence-electron chi connectivity index (χ0n) is 17.1. The highest BCUT2D eigenvalue weighted by Gasteiger charge is 2.52. The lowest BCUT2D eigenvalue weighted by Crippen LogP contribution is -2.26. The number of hydrogen-bond acceptors (Lipinski definition) is 2. The number of halogens is 1. The van der Waals surface area contributed by atoms with Gasteiger partial charge in [-0.3, -0.25) is 4.98 Å². The molecule has 0 saturated carbocycles. The van der Waals surface area contributed by atoms with Gasteiger partial charge >= 0.3 is 0 Å². The molecule has 32 heavy (non-hydrogen) atoms. The predicted molar refractivity (Wildman–Crippen MR) is 131 cm³/mol. The van der Waals surface area contributed by atoms with E-state index in [2.05, 4.69) is 101 Å². The first-order valence-corrected chi connectivity index (χ1v) is 11.5. The molecule has 1 unspecified atom stereocenters. The number of benzene rings is 3. The van der Waals surface area contributed by atoms with Crippen molar-refractivity contribution in [3.05, 3.63) is 130 Å². The van der Waals surface area contributed by atoms with Crippen molar-refractivity contribution in [2.45, 2.75) is 5.41 Å². The summed E-state index contributed by atoms with van der Waals surface area (Å²) in [6, 6.07) is 34.5. The number of hydrogen-bond donors (Lipinski definition) is 0. The zero-order valence-corrected chi connectivity index (χ0v) is 18.7. The van der Waals surface area contributed by atoms with Gasteiger partial charge in [-0.2, -0.15) is 0 Å². The van der Waals surface area contributed by atoms with Crippen LogP contribution >= 0.6 is 15.9 Å². The number of fused-ring (bicyclic) bond motifs is 10. The fourth-order valence-corrected chi connectivity index (χ4v) is 5.95. The quantitative estimate of drug-likeness (QED) is 0.251. The smallest absolute Gasteiger partial charge is 0.0945 e. The highest BCUT2D eigenvalue weighted by Crippen LogP contribution is 2.62. The van der Waals surface area contributed by atoms with Crippen LogP contribution in [0.1, 0.15) is 22.3 Å². The Hall–Kier alpha value is -3.56. The fraction of sp³-hybridized carbons (Fsp3) is 0.0345. The lowest BCUT2D eigenvalue weighted by molar-refractivity contribution is 0.789. The average Bonchev–Trinajstić information content (AvgIpc) is 3.31. The Labute approximate surface area is 194 Å². The molecule has 3 heteroatoms. The van der Waals surface area contributed by atoms with Gasteiger partial charge in [0.1, 0.15) is 0 Å². The van der Waals surface area contributed by atoms with Crippen LogP contribution in [0.4, 0.5) is 0 Å². The first-order valence-electron chi connectivity index (χ1n) is 10.7. The largest absolute Gasteiger partial charge is 0.254 e. The van der Waals surface area contributed by atoms with Crippen LogP contribution in [0.25, 0.3) is 33.8 Å². The van der Waals surface area contributed by atoms with Crippen molar-refractivity contribution in [1.82, 2.24) is 9.97 Å². The molecule has 0 aliphatic heterocycles. The topological polar surface area (TPSA) is 25.8 Å². The molecule has 0 bridgehead atoms. The van der Waals surface area contributed by atoms with Crippen molar-refractivity contribution in [2.75, 3.05) is 0 Å². The first kappa shape index (κ1) is 18.1. The Morgan fingerprint density at radius 2 is 1.31 bits per heavy atom. The molecule has 2 aromatic heterocycles. The van der Waals surface area contributed by atoms with E-state index in [0.29, 0.717) is 0 Å². The molecular weight excluding hydrogens is 456 g/mol. The Morgan fingerprint density at radius 3 is 2.22 bits per heavy atom. The lowest BCUT2D eigenvalue weighted by Gasteiger charge is -2.29. The van der Waals surface area contributed by atoms with Gasteiger partial charge in [0, 0.05) is 16.2 Å². The molecule has 2 aliphatic carbocycles. The van der Waals surface area contributed by atoms with Gasteiger partial charge in [-0.25, -0.2) is 4.98 Å². The van der Waals surface area contributed by atoms with Crippen LogP contribution in [0.3, 0.4) is 0 Å². The molecule has 5 aromatic rings. The summed E-state index contributed by atoms with van der Waals surface area (Å²) in [5.41, 5.74) is 11.2. The van der Waals surface area contributed by atoms with Crippen LogP contribution < -0.4 is 0 Å². The molecule has 0 N–H and O–H groups in total. The Morgan fingerprint density at radius 1 is 0.594 bits per heavy atom. The van der Waals surface area contributed by atoms with E-state index in [1.165, 1.54) is 33.4 Å². The minimum atomic E-state index is -0.395. The Bertz CT molecular complexity index is 1540. The average molecular weight is 473 g/mol. The molecular formula is C29H17BrN2. The third-order valence-corrected chi connectivity index (χ3v) is 7.30. The van der Waals surface area contributed by atoms with Crippen LogP contribution in [-0.4, -0.2) is 9.97 Å². The SMILES string of the molecule is Brc1ccc2c(c1)-c1ccccc1C21c2cccnc2-c2nc(-c3ccccc3)ccc21. The Kier molecular flexibility index (Phi) is 3.65. The van der Waals surface area contributed by atoms with Crippen LogP contribution in [0.2, 0.25) is 0 Å². The summed E-state index contributed by atoms with van der Waals surface area (Å²) in [4.78, 5) is 10.0. The minimum absolute atomic E-state index is 0.395. The van der Waals surface area contributed by atoms with E-state index in [1.807, 2.05) is 18.3 Å². The van der Waals surface area contributed by atoms with Crippen LogP contribution in [0, 0.1) is 0 Å². The first-order chi connectivity index (χ1) is 15.8. The van der Waals surface area contributed by atoms with Gasteiger partial charge in [0.2, 0.25) is 0 Å². The minimum Gasteiger partial charge on any atom is -0.254 e. The molecule has 3 aromatic carbocycles. The molecule has 2 heterocycles. The summed E-state index contributed by atoms with van der Waals surface area (Å²) in [7, 11) is 0. The Balaban J connectivity index is 1.61. The van der Waals surface area contributed by atoms with Crippen LogP contribution in [-0.2, 0) is 5.41 Å². The fourth-order valence-electron chi connectivity index (χ4n) is 5.59. The van der Waals surface area contributed by atoms with Gasteiger partial charge in [0.25, 0.3) is 0 Å². The lowest BCUT2D eigenvalue weighted by atomic mass is 9.71. The van der Waals surface area contributed by atoms with Crippen molar-refractivity contribution in [1.29, 1.82) is 0 Å². The van der Waals surface area contributed by atoms with E-state index in [-0.39, 0.29) is 0 Å². The summed E-state index contributed by atoms with van der Waals surface area (Å²) in [5.74, 6) is 0. The maximum absolute atomic E-state index is 5.18. The normalized spacial score (nSPS) is 17.0. The zero-order chi connectivity index (χ0) is 21.3. The third kappa shape index (κ3) is 2.19. The van der Waals surface area contributed by atoms with Gasteiger partial charge in [0.05, 0.1) is 22.5 Å². The predicted octanol–water partition coefficient (Wildman–Crippen LogP) is 7.25. The number of pyridine rings is 2. The highest BCUT2D eigenvalue weighted by molar-refractivity contribution is 9.10.